The van der Waals surface area contributed by atoms with Crippen LogP contribution in [-0.4, -0.2) is 24.7 Å². The molecule has 1 heterocycles. The van der Waals surface area contributed by atoms with Gasteiger partial charge in [-0.25, -0.2) is 4.79 Å². The van der Waals surface area contributed by atoms with Gasteiger partial charge in [0.1, 0.15) is 6.61 Å². The van der Waals surface area contributed by atoms with Gasteiger partial charge in [0, 0.05) is 6.54 Å². The van der Waals surface area contributed by atoms with Gasteiger partial charge in [0.2, 0.25) is 0 Å². The summed E-state index contributed by atoms with van der Waals surface area (Å²) in [5.41, 5.74) is 4.74. The third-order valence-corrected chi connectivity index (χ3v) is 5.40. The summed E-state index contributed by atoms with van der Waals surface area (Å²) in [4.78, 5) is 11.0. The number of carbonyl (C=O) groups is 1. The van der Waals surface area contributed by atoms with Crippen LogP contribution in [0.2, 0.25) is 0 Å². The zero-order chi connectivity index (χ0) is 23.6. The molecule has 0 amide bonds. The van der Waals surface area contributed by atoms with Crippen molar-refractivity contribution in [3.8, 4) is 11.5 Å². The van der Waals surface area contributed by atoms with Crippen LogP contribution in [0.25, 0.3) is 6.08 Å². The summed E-state index contributed by atoms with van der Waals surface area (Å²) in [7, 11) is 1.65. The van der Waals surface area contributed by atoms with E-state index in [1.165, 1.54) is 5.56 Å². The monoisotopic (exact) mass is 445 g/mol. The normalized spacial score (nSPS) is 14.7. The van der Waals surface area contributed by atoms with E-state index in [-0.39, 0.29) is 11.6 Å². The van der Waals surface area contributed by atoms with Crippen molar-refractivity contribution in [3.05, 3.63) is 101 Å². The van der Waals surface area contributed by atoms with Gasteiger partial charge >= 0.3 is 5.97 Å². The van der Waals surface area contributed by atoms with Gasteiger partial charge in [-0.3, -0.25) is 0 Å². The van der Waals surface area contributed by atoms with Gasteiger partial charge in [-0.2, -0.15) is 0 Å². The fraction of sp³-hybridized carbons (Fsp3) is 0.250. The number of methoxy groups -OCH3 is 1. The van der Waals surface area contributed by atoms with Crippen LogP contribution >= 0.6 is 0 Å². The van der Waals surface area contributed by atoms with Crippen molar-refractivity contribution in [3.63, 3.8) is 0 Å². The molecule has 3 aromatic carbocycles. The summed E-state index contributed by atoms with van der Waals surface area (Å²) in [6.07, 6.45) is 5.01. The Hall–Kier alpha value is -3.57. The number of carboxylic acid groups (broad SMARTS) is 1. The minimum atomic E-state index is -0.921. The van der Waals surface area contributed by atoms with Crippen molar-refractivity contribution in [2.45, 2.75) is 32.9 Å². The standard InChI is InChI=1S/C26H25NO4.C2H6/c1-30-24-16-22-21(15-25(24)31-17-19-5-3-2-4-6-19)13-14-27-23(22)12-9-18-7-10-20(11-8-18)26(28)29;1-2/h2-12,15-16,23,27H,13-14,17H2,1H3,(H,28,29);1-2H3/b12-9+;. The molecule has 1 atom stereocenters. The van der Waals surface area contributed by atoms with Crippen LogP contribution in [0.5, 0.6) is 11.5 Å². The molecule has 172 valence electrons. The molecule has 4 rings (SSSR count). The van der Waals surface area contributed by atoms with Crippen LogP contribution in [0.4, 0.5) is 0 Å². The fourth-order valence-corrected chi connectivity index (χ4v) is 3.72. The number of benzene rings is 3. The fourth-order valence-electron chi connectivity index (χ4n) is 3.72. The molecule has 0 fully saturated rings. The maximum Gasteiger partial charge on any atom is 0.335 e. The summed E-state index contributed by atoms with van der Waals surface area (Å²) < 4.78 is 11.7. The van der Waals surface area contributed by atoms with Crippen LogP contribution in [0.15, 0.2) is 72.8 Å². The van der Waals surface area contributed by atoms with E-state index in [4.69, 9.17) is 14.6 Å². The molecule has 0 radical (unpaired) electrons. The highest BCUT2D eigenvalue weighted by molar-refractivity contribution is 5.87. The quantitative estimate of drug-likeness (QED) is 0.474. The zero-order valence-corrected chi connectivity index (χ0v) is 19.4. The summed E-state index contributed by atoms with van der Waals surface area (Å²) in [5.74, 6) is 0.539. The van der Waals surface area contributed by atoms with Crippen molar-refractivity contribution in [1.29, 1.82) is 0 Å². The average Bonchev–Trinajstić information content (AvgIpc) is 2.87. The molecule has 1 unspecified atom stereocenters. The minimum absolute atomic E-state index is 0.0416. The Morgan fingerprint density at radius 1 is 1.06 bits per heavy atom. The van der Waals surface area contributed by atoms with Crippen LogP contribution in [0, 0.1) is 0 Å². The number of hydrogen-bond donors (Lipinski definition) is 2. The molecule has 2 N–H and O–H groups in total. The molecule has 0 bridgehead atoms. The number of carboxylic acids is 1. The first-order valence-corrected chi connectivity index (χ1v) is 11.3. The summed E-state index contributed by atoms with van der Waals surface area (Å²) >= 11 is 0. The Labute approximate surface area is 195 Å². The number of aromatic carboxylic acids is 1. The van der Waals surface area contributed by atoms with E-state index in [9.17, 15) is 4.79 Å². The van der Waals surface area contributed by atoms with Crippen molar-refractivity contribution >= 4 is 12.0 Å². The lowest BCUT2D eigenvalue weighted by Crippen LogP contribution is -2.28. The lowest BCUT2D eigenvalue weighted by Gasteiger charge is -2.26. The highest BCUT2D eigenvalue weighted by Gasteiger charge is 2.21. The average molecular weight is 446 g/mol. The predicted molar refractivity (Wildman–Crippen MR) is 132 cm³/mol. The molecular weight excluding hydrogens is 414 g/mol. The molecule has 5 nitrogen and oxygen atoms in total. The molecule has 33 heavy (non-hydrogen) atoms. The van der Waals surface area contributed by atoms with E-state index in [0.29, 0.717) is 12.4 Å². The van der Waals surface area contributed by atoms with Crippen molar-refractivity contribution in [1.82, 2.24) is 5.32 Å². The molecule has 0 aliphatic carbocycles. The lowest BCUT2D eigenvalue weighted by atomic mass is 9.93. The number of fused-ring (bicyclic) bond motifs is 1. The van der Waals surface area contributed by atoms with E-state index < -0.39 is 5.97 Å². The first kappa shape index (κ1) is 24.1. The number of hydrogen-bond acceptors (Lipinski definition) is 4. The predicted octanol–water partition coefficient (Wildman–Crippen LogP) is 5.90. The van der Waals surface area contributed by atoms with Gasteiger partial charge in [-0.1, -0.05) is 68.5 Å². The van der Waals surface area contributed by atoms with Gasteiger partial charge in [0.25, 0.3) is 0 Å². The van der Waals surface area contributed by atoms with E-state index in [1.807, 2.05) is 68.5 Å². The topological polar surface area (TPSA) is 67.8 Å². The second-order valence-electron chi connectivity index (χ2n) is 7.44. The Morgan fingerprint density at radius 2 is 1.79 bits per heavy atom. The molecule has 3 aromatic rings. The molecule has 0 aromatic heterocycles. The van der Waals surface area contributed by atoms with Gasteiger partial charge < -0.3 is 19.9 Å². The molecule has 0 spiro atoms. The Kier molecular flexibility index (Phi) is 8.67. The first-order valence-electron chi connectivity index (χ1n) is 11.3. The van der Waals surface area contributed by atoms with E-state index in [0.717, 1.165) is 35.4 Å². The minimum Gasteiger partial charge on any atom is -0.493 e. The lowest BCUT2D eigenvalue weighted by molar-refractivity contribution is 0.0697. The molecule has 0 saturated heterocycles. The Morgan fingerprint density at radius 3 is 2.45 bits per heavy atom. The van der Waals surface area contributed by atoms with Crippen LogP contribution in [0.3, 0.4) is 0 Å². The van der Waals surface area contributed by atoms with Gasteiger partial charge in [0.15, 0.2) is 11.5 Å². The molecule has 5 heteroatoms. The Balaban J connectivity index is 0.00000149. The highest BCUT2D eigenvalue weighted by Crippen LogP contribution is 2.36. The SMILES string of the molecule is CC.COc1cc2c(cc1OCc1ccccc1)CCNC2/C=C/c1ccc(C(=O)O)cc1. The maximum atomic E-state index is 11.0. The second kappa shape index (κ2) is 11.9. The smallest absolute Gasteiger partial charge is 0.335 e. The van der Waals surface area contributed by atoms with Crippen molar-refractivity contribution < 1.29 is 19.4 Å². The Bertz CT molecular complexity index is 1080. The number of ether oxygens (including phenoxy) is 2. The summed E-state index contributed by atoms with van der Waals surface area (Å²) in [5, 5.41) is 12.6. The number of rotatable bonds is 7. The zero-order valence-electron chi connectivity index (χ0n) is 19.4. The molecule has 0 saturated carbocycles. The maximum absolute atomic E-state index is 11.0. The van der Waals surface area contributed by atoms with Gasteiger partial charge in [0.05, 0.1) is 18.7 Å². The molecular formula is C28H31NO4. The summed E-state index contributed by atoms with van der Waals surface area (Å²) in [6, 6.07) is 21.1. The van der Waals surface area contributed by atoms with E-state index in [2.05, 4.69) is 17.5 Å². The van der Waals surface area contributed by atoms with Gasteiger partial charge in [-0.15, -0.1) is 0 Å². The molecule has 1 aliphatic rings. The van der Waals surface area contributed by atoms with E-state index in [1.54, 1.807) is 19.2 Å². The molecule has 1 aliphatic heterocycles. The summed E-state index contributed by atoms with van der Waals surface area (Å²) in [6.45, 7) is 5.36. The van der Waals surface area contributed by atoms with Crippen LogP contribution < -0.4 is 14.8 Å². The van der Waals surface area contributed by atoms with Crippen molar-refractivity contribution in [2.24, 2.45) is 0 Å². The van der Waals surface area contributed by atoms with Crippen LogP contribution in [-0.2, 0) is 13.0 Å². The van der Waals surface area contributed by atoms with E-state index >= 15 is 0 Å². The number of nitrogens with one attached hydrogen (secondary N) is 1. The third-order valence-electron chi connectivity index (χ3n) is 5.40. The largest absolute Gasteiger partial charge is 0.493 e. The van der Waals surface area contributed by atoms with Crippen molar-refractivity contribution in [2.75, 3.05) is 13.7 Å². The second-order valence-corrected chi connectivity index (χ2v) is 7.44. The van der Waals surface area contributed by atoms with Gasteiger partial charge in [-0.05, 0) is 52.9 Å². The highest BCUT2D eigenvalue weighted by atomic mass is 16.5. The first-order chi connectivity index (χ1) is 16.1. The third kappa shape index (κ3) is 6.24. The van der Waals surface area contributed by atoms with Crippen LogP contribution in [0.1, 0.15) is 52.5 Å².